The Hall–Kier alpha value is -1.44. The quantitative estimate of drug-likeness (QED) is 0.595. The van der Waals surface area contributed by atoms with E-state index in [0.29, 0.717) is 51.3 Å². The van der Waals surface area contributed by atoms with Gasteiger partial charge in [-0.25, -0.2) is 0 Å². The van der Waals surface area contributed by atoms with Crippen LogP contribution in [-0.2, 0) is 14.2 Å². The van der Waals surface area contributed by atoms with E-state index in [1.54, 1.807) is 19.2 Å². The first-order chi connectivity index (χ1) is 8.83. The molecule has 0 atom stereocenters. The molecule has 1 heterocycles. The van der Waals surface area contributed by atoms with Crippen molar-refractivity contribution in [1.82, 2.24) is 10.2 Å². The Morgan fingerprint density at radius 1 is 0.944 bits per heavy atom. The second-order valence-corrected chi connectivity index (χ2v) is 3.36. The first-order valence-corrected chi connectivity index (χ1v) is 5.69. The number of aromatic nitrogens is 2. The summed E-state index contributed by atoms with van der Waals surface area (Å²) < 4.78 is 20.6. The van der Waals surface area contributed by atoms with Crippen molar-refractivity contribution in [3.05, 3.63) is 12.1 Å². The molecule has 0 radical (unpaired) electrons. The van der Waals surface area contributed by atoms with Crippen LogP contribution in [0.15, 0.2) is 12.1 Å². The lowest BCUT2D eigenvalue weighted by molar-refractivity contribution is 0.0176. The Labute approximate surface area is 106 Å². The first kappa shape index (κ1) is 14.6. The molecular weight excluding hydrogens is 238 g/mol. The predicted molar refractivity (Wildman–Crippen MR) is 65.5 cm³/mol. The summed E-state index contributed by atoms with van der Waals surface area (Å²) in [4.78, 5) is 0. The van der Waals surface area contributed by atoms with Crippen LogP contribution in [0.2, 0.25) is 0 Å². The van der Waals surface area contributed by atoms with Gasteiger partial charge in [-0.3, -0.25) is 0 Å². The third-order valence-corrected chi connectivity index (χ3v) is 1.94. The fourth-order valence-corrected chi connectivity index (χ4v) is 1.08. The summed E-state index contributed by atoms with van der Waals surface area (Å²) in [6, 6.07) is 3.29. The molecule has 2 N–H and O–H groups in total. The van der Waals surface area contributed by atoms with Crippen LogP contribution >= 0.6 is 0 Å². The highest BCUT2D eigenvalue weighted by Crippen LogP contribution is 2.04. The highest BCUT2D eigenvalue weighted by Gasteiger charge is 1.96. The van der Waals surface area contributed by atoms with E-state index >= 15 is 0 Å². The van der Waals surface area contributed by atoms with E-state index in [1.807, 2.05) is 0 Å². The normalized spacial score (nSPS) is 10.5. The lowest BCUT2D eigenvalue weighted by atomic mass is 10.5. The van der Waals surface area contributed by atoms with Crippen LogP contribution in [0.4, 0.5) is 5.82 Å². The number of nitrogens with two attached hydrogens (primary N) is 1. The summed E-state index contributed by atoms with van der Waals surface area (Å²) >= 11 is 0. The van der Waals surface area contributed by atoms with Gasteiger partial charge in [-0.1, -0.05) is 0 Å². The maximum absolute atomic E-state index is 5.39. The minimum atomic E-state index is 0.367. The van der Waals surface area contributed by atoms with Gasteiger partial charge in [-0.2, -0.15) is 0 Å². The molecule has 0 fully saturated rings. The van der Waals surface area contributed by atoms with E-state index in [9.17, 15) is 0 Å². The van der Waals surface area contributed by atoms with E-state index in [-0.39, 0.29) is 0 Å². The van der Waals surface area contributed by atoms with Crippen molar-refractivity contribution in [3.63, 3.8) is 0 Å². The van der Waals surface area contributed by atoms with Gasteiger partial charge in [0, 0.05) is 13.2 Å². The molecule has 7 nitrogen and oxygen atoms in total. The van der Waals surface area contributed by atoms with Gasteiger partial charge in [0.1, 0.15) is 12.4 Å². The van der Waals surface area contributed by atoms with E-state index in [2.05, 4.69) is 10.2 Å². The van der Waals surface area contributed by atoms with Crippen molar-refractivity contribution in [2.24, 2.45) is 0 Å². The van der Waals surface area contributed by atoms with E-state index in [0.717, 1.165) is 0 Å². The van der Waals surface area contributed by atoms with Crippen molar-refractivity contribution >= 4 is 5.82 Å². The van der Waals surface area contributed by atoms with Gasteiger partial charge in [0.15, 0.2) is 0 Å². The third-order valence-electron chi connectivity index (χ3n) is 1.94. The lowest BCUT2D eigenvalue weighted by Crippen LogP contribution is -2.12. The molecule has 0 spiro atoms. The minimum absolute atomic E-state index is 0.367. The van der Waals surface area contributed by atoms with E-state index < -0.39 is 0 Å². The number of ether oxygens (including phenoxy) is 4. The van der Waals surface area contributed by atoms with Crippen LogP contribution in [-0.4, -0.2) is 56.9 Å². The SMILES string of the molecule is COCCOCCOCCOc1ccc(N)nn1. The van der Waals surface area contributed by atoms with Gasteiger partial charge in [0.25, 0.3) is 0 Å². The maximum Gasteiger partial charge on any atom is 0.233 e. The molecule has 18 heavy (non-hydrogen) atoms. The molecule has 0 unspecified atom stereocenters. The second-order valence-electron chi connectivity index (χ2n) is 3.36. The zero-order valence-electron chi connectivity index (χ0n) is 10.5. The van der Waals surface area contributed by atoms with Crippen molar-refractivity contribution < 1.29 is 18.9 Å². The molecule has 0 amide bonds. The van der Waals surface area contributed by atoms with Gasteiger partial charge in [-0.05, 0) is 6.07 Å². The molecule has 7 heteroatoms. The molecule has 0 saturated heterocycles. The first-order valence-electron chi connectivity index (χ1n) is 5.69. The van der Waals surface area contributed by atoms with Crippen LogP contribution in [0.5, 0.6) is 5.88 Å². The highest BCUT2D eigenvalue weighted by molar-refractivity contribution is 5.27. The average Bonchev–Trinajstić information content (AvgIpc) is 2.39. The number of methoxy groups -OCH3 is 1. The summed E-state index contributed by atoms with van der Waals surface area (Å²) in [6.45, 7) is 3.14. The third kappa shape index (κ3) is 7.00. The van der Waals surface area contributed by atoms with Crippen LogP contribution in [0, 0.1) is 0 Å². The summed E-state index contributed by atoms with van der Waals surface area (Å²) in [5.74, 6) is 0.802. The highest BCUT2D eigenvalue weighted by atomic mass is 16.6. The lowest BCUT2D eigenvalue weighted by Gasteiger charge is -2.06. The molecule has 1 aromatic rings. The number of hydrogen-bond donors (Lipinski definition) is 1. The van der Waals surface area contributed by atoms with Crippen molar-refractivity contribution in [2.75, 3.05) is 52.5 Å². The molecule has 0 aliphatic carbocycles. The molecule has 1 aromatic heterocycles. The Bertz CT molecular complexity index is 308. The molecular formula is C11H19N3O4. The van der Waals surface area contributed by atoms with Gasteiger partial charge < -0.3 is 24.7 Å². The average molecular weight is 257 g/mol. The number of rotatable bonds is 10. The molecule has 0 saturated carbocycles. The van der Waals surface area contributed by atoms with Crippen LogP contribution < -0.4 is 10.5 Å². The van der Waals surface area contributed by atoms with E-state index in [4.69, 9.17) is 24.7 Å². The summed E-state index contributed by atoms with van der Waals surface area (Å²) in [7, 11) is 1.64. The molecule has 1 rings (SSSR count). The van der Waals surface area contributed by atoms with Gasteiger partial charge in [0.2, 0.25) is 5.88 Å². The topological polar surface area (TPSA) is 88.7 Å². The largest absolute Gasteiger partial charge is 0.474 e. The van der Waals surface area contributed by atoms with Crippen LogP contribution in [0.25, 0.3) is 0 Å². The smallest absolute Gasteiger partial charge is 0.233 e. The van der Waals surface area contributed by atoms with Crippen molar-refractivity contribution in [1.29, 1.82) is 0 Å². The molecule has 102 valence electrons. The Kier molecular flexibility index (Phi) is 7.78. The zero-order chi connectivity index (χ0) is 13.1. The summed E-state index contributed by atoms with van der Waals surface area (Å²) in [6.07, 6.45) is 0. The Balaban J connectivity index is 1.91. The summed E-state index contributed by atoms with van der Waals surface area (Å²) in [5, 5.41) is 7.42. The molecule has 0 aliphatic rings. The molecule has 0 aromatic carbocycles. The minimum Gasteiger partial charge on any atom is -0.474 e. The van der Waals surface area contributed by atoms with Crippen molar-refractivity contribution in [2.45, 2.75) is 0 Å². The van der Waals surface area contributed by atoms with Gasteiger partial charge in [0.05, 0.1) is 33.0 Å². The summed E-state index contributed by atoms with van der Waals surface area (Å²) in [5.41, 5.74) is 5.39. The predicted octanol–water partition coefficient (Wildman–Crippen LogP) is 0.117. The Morgan fingerprint density at radius 3 is 2.22 bits per heavy atom. The Morgan fingerprint density at radius 2 is 1.61 bits per heavy atom. The fraction of sp³-hybridized carbons (Fsp3) is 0.636. The zero-order valence-corrected chi connectivity index (χ0v) is 10.5. The van der Waals surface area contributed by atoms with Gasteiger partial charge in [-0.15, -0.1) is 10.2 Å². The maximum atomic E-state index is 5.39. The van der Waals surface area contributed by atoms with E-state index in [1.165, 1.54) is 0 Å². The number of nitrogen functional groups attached to an aromatic ring is 1. The van der Waals surface area contributed by atoms with Crippen LogP contribution in [0.1, 0.15) is 0 Å². The fourth-order valence-electron chi connectivity index (χ4n) is 1.08. The van der Waals surface area contributed by atoms with Crippen molar-refractivity contribution in [3.8, 4) is 5.88 Å². The molecule has 0 bridgehead atoms. The monoisotopic (exact) mass is 257 g/mol. The number of anilines is 1. The second kappa shape index (κ2) is 9.58. The number of nitrogens with zero attached hydrogens (tertiary/aromatic N) is 2. The van der Waals surface area contributed by atoms with Crippen LogP contribution in [0.3, 0.4) is 0 Å². The standard InChI is InChI=1S/C11H19N3O4/c1-15-4-5-16-6-7-17-8-9-18-11-3-2-10(12)13-14-11/h2-3H,4-9H2,1H3,(H2,12,13). The number of hydrogen-bond acceptors (Lipinski definition) is 7. The van der Waals surface area contributed by atoms with Gasteiger partial charge >= 0.3 is 0 Å². The molecule has 0 aliphatic heterocycles.